The maximum absolute atomic E-state index is 13.2. The Bertz CT molecular complexity index is 1230. The van der Waals surface area contributed by atoms with E-state index in [-0.39, 0.29) is 24.2 Å². The number of Topliss-reactive ketones (excluding diaryl/α,β-unsaturated/α-hetero) is 1. The summed E-state index contributed by atoms with van der Waals surface area (Å²) in [5.41, 5.74) is 2.15. The zero-order chi connectivity index (χ0) is 19.6. The van der Waals surface area contributed by atoms with E-state index in [0.29, 0.717) is 46.9 Å². The summed E-state index contributed by atoms with van der Waals surface area (Å²) >= 11 is 0. The van der Waals surface area contributed by atoms with Gasteiger partial charge in [-0.3, -0.25) is 9.59 Å². The first-order valence-corrected chi connectivity index (χ1v) is 9.33. The van der Waals surface area contributed by atoms with E-state index >= 15 is 0 Å². The Morgan fingerprint density at radius 3 is 2.86 bits per heavy atom. The van der Waals surface area contributed by atoms with E-state index < -0.39 is 5.60 Å². The molecule has 1 aliphatic carbocycles. The van der Waals surface area contributed by atoms with Crippen LogP contribution in [0, 0.1) is 0 Å². The molecule has 1 aliphatic heterocycles. The van der Waals surface area contributed by atoms with Gasteiger partial charge in [-0.25, -0.2) is 9.97 Å². The van der Waals surface area contributed by atoms with Gasteiger partial charge in [0.05, 0.1) is 35.9 Å². The lowest BCUT2D eigenvalue weighted by Crippen LogP contribution is -2.43. The maximum Gasteiger partial charge on any atom is 0.254 e. The molecule has 0 radical (unpaired) electrons. The Balaban J connectivity index is 1.79. The van der Waals surface area contributed by atoms with Crippen molar-refractivity contribution in [3.05, 3.63) is 51.4 Å². The number of hydrogen-bond donors (Lipinski definition) is 1. The number of fused-ring (bicyclic) bond motifs is 5. The second-order valence-electron chi connectivity index (χ2n) is 7.33. The van der Waals surface area contributed by atoms with Gasteiger partial charge in [0.15, 0.2) is 5.78 Å². The molecule has 1 atom stereocenters. The average Bonchev–Trinajstić information content (AvgIpc) is 3.07. The fourth-order valence-electron chi connectivity index (χ4n) is 4.42. The highest BCUT2D eigenvalue weighted by Crippen LogP contribution is 2.39. The van der Waals surface area contributed by atoms with Crippen LogP contribution in [0.4, 0.5) is 0 Å². The predicted octanol–water partition coefficient (Wildman–Crippen LogP) is 1.94. The summed E-state index contributed by atoms with van der Waals surface area (Å²) in [5, 5.41) is 11.8. The Kier molecular flexibility index (Phi) is 3.49. The number of carbonyl (C=O) groups is 1. The standard InChI is InChI=1S/C21H19N3O4/c1-3-21(27)14-9-16-18-11(8-13-15(23-18)6-7-22-19(13)28-2)10-24(16)20(26)12(14)4-5-17(21)25/h6-9,27H,3-5,10H2,1-2H3/t21-/m0/s1. The Morgan fingerprint density at radius 1 is 1.29 bits per heavy atom. The molecule has 0 aromatic carbocycles. The number of ether oxygens (including phenoxy) is 1. The molecule has 0 unspecified atom stereocenters. The third-order valence-electron chi connectivity index (χ3n) is 5.97. The number of hydrogen-bond acceptors (Lipinski definition) is 6. The molecular weight excluding hydrogens is 358 g/mol. The predicted molar refractivity (Wildman–Crippen MR) is 102 cm³/mol. The van der Waals surface area contributed by atoms with Crippen molar-refractivity contribution in [3.8, 4) is 17.3 Å². The number of rotatable bonds is 2. The van der Waals surface area contributed by atoms with Crippen LogP contribution in [-0.2, 0) is 23.4 Å². The number of pyridine rings is 3. The van der Waals surface area contributed by atoms with E-state index in [0.717, 1.165) is 10.9 Å². The van der Waals surface area contributed by atoms with Gasteiger partial charge in [0, 0.05) is 29.3 Å². The van der Waals surface area contributed by atoms with Gasteiger partial charge < -0.3 is 14.4 Å². The average molecular weight is 377 g/mol. The summed E-state index contributed by atoms with van der Waals surface area (Å²) in [5.74, 6) is 0.258. The van der Waals surface area contributed by atoms with Crippen LogP contribution >= 0.6 is 0 Å². The molecule has 0 saturated heterocycles. The minimum Gasteiger partial charge on any atom is -0.481 e. The van der Waals surface area contributed by atoms with Crippen LogP contribution < -0.4 is 10.3 Å². The molecule has 0 bridgehead atoms. The summed E-state index contributed by atoms with van der Waals surface area (Å²) in [6.07, 6.45) is 2.41. The van der Waals surface area contributed by atoms with Crippen molar-refractivity contribution in [2.45, 2.75) is 38.3 Å². The van der Waals surface area contributed by atoms with Crippen LogP contribution in [0.1, 0.15) is 36.5 Å². The van der Waals surface area contributed by atoms with E-state index in [4.69, 9.17) is 9.72 Å². The summed E-state index contributed by atoms with van der Waals surface area (Å²) in [6, 6.07) is 5.52. The summed E-state index contributed by atoms with van der Waals surface area (Å²) in [4.78, 5) is 34.6. The Morgan fingerprint density at radius 2 is 2.11 bits per heavy atom. The SMILES string of the molecule is CC[C@@]1(O)C(=O)CCc2c1cc1n(c2=O)Cc2cc3c(OC)nccc3nc2-1. The van der Waals surface area contributed by atoms with Gasteiger partial charge in [0.2, 0.25) is 5.88 Å². The van der Waals surface area contributed by atoms with Crippen molar-refractivity contribution in [3.63, 3.8) is 0 Å². The van der Waals surface area contributed by atoms with Crippen molar-refractivity contribution < 1.29 is 14.6 Å². The molecule has 3 aromatic heterocycles. The second-order valence-corrected chi connectivity index (χ2v) is 7.33. The lowest BCUT2D eigenvalue weighted by atomic mass is 9.77. The number of nitrogens with zero attached hydrogens (tertiary/aromatic N) is 3. The van der Waals surface area contributed by atoms with Gasteiger partial charge in [-0.05, 0) is 31.0 Å². The monoisotopic (exact) mass is 377 g/mol. The van der Waals surface area contributed by atoms with Crippen LogP contribution in [0.15, 0.2) is 29.2 Å². The minimum atomic E-state index is -1.60. The first-order valence-electron chi connectivity index (χ1n) is 9.33. The highest BCUT2D eigenvalue weighted by molar-refractivity contribution is 5.91. The van der Waals surface area contributed by atoms with Crippen LogP contribution in [0.2, 0.25) is 0 Å². The molecule has 7 heteroatoms. The molecule has 3 aromatic rings. The van der Waals surface area contributed by atoms with E-state index in [9.17, 15) is 14.7 Å². The van der Waals surface area contributed by atoms with Crippen LogP contribution in [0.5, 0.6) is 5.88 Å². The van der Waals surface area contributed by atoms with Gasteiger partial charge in [-0.2, -0.15) is 0 Å². The van der Waals surface area contributed by atoms with E-state index in [1.54, 1.807) is 36.9 Å². The molecule has 1 N–H and O–H groups in total. The van der Waals surface area contributed by atoms with Gasteiger partial charge in [-0.15, -0.1) is 0 Å². The van der Waals surface area contributed by atoms with Gasteiger partial charge >= 0.3 is 0 Å². The number of aromatic nitrogens is 3. The summed E-state index contributed by atoms with van der Waals surface area (Å²) in [7, 11) is 1.56. The first kappa shape index (κ1) is 17.1. The van der Waals surface area contributed by atoms with Crippen LogP contribution in [0.3, 0.4) is 0 Å². The van der Waals surface area contributed by atoms with Crippen molar-refractivity contribution in [2.75, 3.05) is 7.11 Å². The molecule has 0 amide bonds. The molecule has 142 valence electrons. The normalized spacial score (nSPS) is 20.0. The van der Waals surface area contributed by atoms with E-state index in [2.05, 4.69) is 4.98 Å². The third-order valence-corrected chi connectivity index (χ3v) is 5.97. The largest absolute Gasteiger partial charge is 0.481 e. The zero-order valence-corrected chi connectivity index (χ0v) is 15.7. The number of carbonyl (C=O) groups excluding carboxylic acids is 1. The Hall–Kier alpha value is -3.06. The number of aliphatic hydroxyl groups is 1. The molecule has 2 aliphatic rings. The van der Waals surface area contributed by atoms with Crippen molar-refractivity contribution in [2.24, 2.45) is 0 Å². The smallest absolute Gasteiger partial charge is 0.254 e. The van der Waals surface area contributed by atoms with Crippen molar-refractivity contribution in [1.82, 2.24) is 14.5 Å². The number of methoxy groups -OCH3 is 1. The highest BCUT2D eigenvalue weighted by atomic mass is 16.5. The molecule has 0 spiro atoms. The van der Waals surface area contributed by atoms with Crippen LogP contribution in [0.25, 0.3) is 22.3 Å². The second kappa shape index (κ2) is 5.72. The van der Waals surface area contributed by atoms with E-state index in [1.807, 2.05) is 6.07 Å². The topological polar surface area (TPSA) is 94.3 Å². The van der Waals surface area contributed by atoms with E-state index in [1.165, 1.54) is 0 Å². The third kappa shape index (κ3) is 2.08. The molecular formula is C21H19N3O4. The highest BCUT2D eigenvalue weighted by Gasteiger charge is 2.43. The van der Waals surface area contributed by atoms with Crippen molar-refractivity contribution in [1.29, 1.82) is 0 Å². The fourth-order valence-corrected chi connectivity index (χ4v) is 4.42. The quantitative estimate of drug-likeness (QED) is 0.574. The number of ketones is 1. The molecule has 7 nitrogen and oxygen atoms in total. The van der Waals surface area contributed by atoms with Gasteiger partial charge in [0.25, 0.3) is 5.56 Å². The Labute approximate surface area is 160 Å². The molecule has 5 rings (SSSR count). The zero-order valence-electron chi connectivity index (χ0n) is 15.7. The first-order chi connectivity index (χ1) is 13.5. The fraction of sp³-hybridized carbons (Fsp3) is 0.333. The molecule has 28 heavy (non-hydrogen) atoms. The van der Waals surface area contributed by atoms with Gasteiger partial charge in [0.1, 0.15) is 5.60 Å². The molecule has 0 saturated carbocycles. The maximum atomic E-state index is 13.2. The van der Waals surface area contributed by atoms with Gasteiger partial charge in [-0.1, -0.05) is 6.92 Å². The lowest BCUT2D eigenvalue weighted by Gasteiger charge is -2.32. The summed E-state index contributed by atoms with van der Waals surface area (Å²) in [6.45, 7) is 2.16. The van der Waals surface area contributed by atoms with Crippen molar-refractivity contribution >= 4 is 16.7 Å². The summed E-state index contributed by atoms with van der Waals surface area (Å²) < 4.78 is 7.01. The minimum absolute atomic E-state index is 0.154. The lowest BCUT2D eigenvalue weighted by molar-refractivity contribution is -0.140. The molecule has 4 heterocycles. The molecule has 0 fully saturated rings. The van der Waals surface area contributed by atoms with Crippen LogP contribution in [-0.4, -0.2) is 32.5 Å².